The summed E-state index contributed by atoms with van der Waals surface area (Å²) in [5.41, 5.74) is 0. The summed E-state index contributed by atoms with van der Waals surface area (Å²) in [6.07, 6.45) is 60.2. The SMILES string of the molecule is CC/C=C/C=C/C=C\C=C/CCCCC(O)C(=O)NC(COC1OC(CO)C(O)C(O)C1OC(=O)CCCCCCCCCCCC/C=C\C/C=C\C/C=C\CCCCC)C(O)/C=C/CCCCCCCCCCCCC. The number of hydrogen-bond acceptors (Lipinski definition) is 10. The average Bonchev–Trinajstić information content (AvgIpc) is 3.43. The number of aliphatic hydroxyl groups is 5. The number of carbonyl (C=O) groups excluding carboxylic acids is 2. The topological polar surface area (TPSA) is 175 Å². The largest absolute Gasteiger partial charge is 0.454 e. The van der Waals surface area contributed by atoms with Crippen molar-refractivity contribution in [1.82, 2.24) is 5.32 Å². The molecule has 0 radical (unpaired) electrons. The number of esters is 1. The monoisotopic (exact) mass is 1080 g/mol. The highest BCUT2D eigenvalue weighted by Gasteiger charge is 2.47. The van der Waals surface area contributed by atoms with Crippen LogP contribution in [0.1, 0.15) is 245 Å². The van der Waals surface area contributed by atoms with Crippen molar-refractivity contribution in [3.63, 3.8) is 0 Å². The third-order valence-corrected chi connectivity index (χ3v) is 14.1. The molecule has 1 fully saturated rings. The number of allylic oxidation sites excluding steroid dienone is 15. The van der Waals surface area contributed by atoms with Gasteiger partial charge in [-0.2, -0.15) is 0 Å². The van der Waals surface area contributed by atoms with Crippen molar-refractivity contribution in [2.75, 3.05) is 13.2 Å². The van der Waals surface area contributed by atoms with E-state index in [-0.39, 0.29) is 19.4 Å². The molecule has 1 aliphatic rings. The van der Waals surface area contributed by atoms with E-state index in [1.54, 1.807) is 6.08 Å². The molecular formula is C66H113NO10. The van der Waals surface area contributed by atoms with E-state index in [9.17, 15) is 35.1 Å². The maximum atomic E-state index is 13.4. The van der Waals surface area contributed by atoms with Gasteiger partial charge >= 0.3 is 5.97 Å². The Hall–Kier alpha value is -3.42. The molecule has 0 bridgehead atoms. The predicted octanol–water partition coefficient (Wildman–Crippen LogP) is 14.7. The van der Waals surface area contributed by atoms with Gasteiger partial charge in [0.15, 0.2) is 12.4 Å². The van der Waals surface area contributed by atoms with Crippen molar-refractivity contribution in [3.05, 3.63) is 97.2 Å². The van der Waals surface area contributed by atoms with Gasteiger partial charge in [0.05, 0.1) is 25.4 Å². The Morgan fingerprint density at radius 3 is 1.55 bits per heavy atom. The van der Waals surface area contributed by atoms with Crippen LogP contribution in [0.25, 0.3) is 0 Å². The van der Waals surface area contributed by atoms with Gasteiger partial charge in [-0.1, -0.05) is 253 Å². The summed E-state index contributed by atoms with van der Waals surface area (Å²) in [7, 11) is 0. The second-order valence-electron chi connectivity index (χ2n) is 21.1. The van der Waals surface area contributed by atoms with Gasteiger partial charge in [-0.05, 0) is 83.5 Å². The molecule has 11 nitrogen and oxygen atoms in total. The van der Waals surface area contributed by atoms with Crippen LogP contribution in [-0.2, 0) is 23.8 Å². The molecular weight excluding hydrogens is 967 g/mol. The fraction of sp³-hybridized carbons (Fsp3) is 0.727. The lowest BCUT2D eigenvalue weighted by atomic mass is 9.99. The molecule has 0 saturated carbocycles. The average molecular weight is 1080 g/mol. The molecule has 1 heterocycles. The highest BCUT2D eigenvalue weighted by Crippen LogP contribution is 2.26. The quantitative estimate of drug-likeness (QED) is 0.0149. The van der Waals surface area contributed by atoms with Crippen molar-refractivity contribution in [1.29, 1.82) is 0 Å². The first-order valence-electron chi connectivity index (χ1n) is 31.1. The van der Waals surface area contributed by atoms with E-state index in [0.29, 0.717) is 12.8 Å². The van der Waals surface area contributed by atoms with Crippen molar-refractivity contribution in [2.24, 2.45) is 0 Å². The summed E-state index contributed by atoms with van der Waals surface area (Å²) in [4.78, 5) is 26.5. The van der Waals surface area contributed by atoms with E-state index < -0.39 is 67.4 Å². The van der Waals surface area contributed by atoms with E-state index in [1.807, 2.05) is 48.6 Å². The van der Waals surface area contributed by atoms with Gasteiger partial charge in [0.25, 0.3) is 0 Å². The molecule has 8 atom stereocenters. The number of aliphatic hydroxyl groups excluding tert-OH is 5. The van der Waals surface area contributed by atoms with Crippen LogP contribution in [0, 0.1) is 0 Å². The molecule has 0 aromatic carbocycles. The molecule has 8 unspecified atom stereocenters. The smallest absolute Gasteiger partial charge is 0.306 e. The number of hydrogen-bond donors (Lipinski definition) is 6. The van der Waals surface area contributed by atoms with Crippen LogP contribution < -0.4 is 5.32 Å². The summed E-state index contributed by atoms with van der Waals surface area (Å²) in [5.74, 6) is -1.24. The summed E-state index contributed by atoms with van der Waals surface area (Å²) < 4.78 is 17.6. The van der Waals surface area contributed by atoms with Crippen LogP contribution in [0.3, 0.4) is 0 Å². The highest BCUT2D eigenvalue weighted by molar-refractivity contribution is 5.80. The van der Waals surface area contributed by atoms with E-state index in [1.165, 1.54) is 109 Å². The zero-order chi connectivity index (χ0) is 56.1. The van der Waals surface area contributed by atoms with Crippen LogP contribution in [0.2, 0.25) is 0 Å². The van der Waals surface area contributed by atoms with Gasteiger partial charge in [-0.25, -0.2) is 0 Å². The van der Waals surface area contributed by atoms with Crippen LogP contribution >= 0.6 is 0 Å². The lowest BCUT2D eigenvalue weighted by Crippen LogP contribution is -2.61. The number of unbranched alkanes of at least 4 members (excludes halogenated alkanes) is 26. The minimum absolute atomic E-state index is 0.109. The first kappa shape index (κ1) is 71.6. The Bertz CT molecular complexity index is 1620. The molecule has 6 N–H and O–H groups in total. The Kier molecular flexibility index (Phi) is 49.5. The van der Waals surface area contributed by atoms with Crippen LogP contribution in [-0.4, -0.2) is 99.6 Å². The van der Waals surface area contributed by atoms with Crippen molar-refractivity contribution in [3.8, 4) is 0 Å². The van der Waals surface area contributed by atoms with E-state index in [4.69, 9.17) is 14.2 Å². The number of ether oxygens (including phenoxy) is 3. The minimum atomic E-state index is -1.63. The zero-order valence-electron chi connectivity index (χ0n) is 48.8. The first-order valence-corrected chi connectivity index (χ1v) is 31.1. The van der Waals surface area contributed by atoms with Gasteiger partial charge < -0.3 is 45.1 Å². The third kappa shape index (κ3) is 41.3. The normalized spacial score (nSPS) is 19.7. The Morgan fingerprint density at radius 1 is 0.532 bits per heavy atom. The lowest BCUT2D eigenvalue weighted by Gasteiger charge is -2.41. The Balaban J connectivity index is 2.66. The van der Waals surface area contributed by atoms with E-state index in [2.05, 4.69) is 68.6 Å². The van der Waals surface area contributed by atoms with Crippen molar-refractivity contribution >= 4 is 11.9 Å². The van der Waals surface area contributed by atoms with Crippen LogP contribution in [0.4, 0.5) is 0 Å². The van der Waals surface area contributed by atoms with Crippen LogP contribution in [0.15, 0.2) is 97.2 Å². The number of nitrogens with one attached hydrogen (secondary N) is 1. The maximum Gasteiger partial charge on any atom is 0.306 e. The second-order valence-corrected chi connectivity index (χ2v) is 21.1. The maximum absolute atomic E-state index is 13.4. The fourth-order valence-electron chi connectivity index (χ4n) is 9.14. The zero-order valence-corrected chi connectivity index (χ0v) is 48.8. The summed E-state index contributed by atoms with van der Waals surface area (Å²) in [6.45, 7) is 5.58. The first-order chi connectivity index (χ1) is 37.7. The van der Waals surface area contributed by atoms with Gasteiger partial charge in [0.2, 0.25) is 5.91 Å². The molecule has 1 aliphatic heterocycles. The number of amides is 1. The molecule has 11 heteroatoms. The molecule has 442 valence electrons. The molecule has 1 amide bonds. The highest BCUT2D eigenvalue weighted by atomic mass is 16.7. The molecule has 77 heavy (non-hydrogen) atoms. The Morgan fingerprint density at radius 2 is 0.987 bits per heavy atom. The van der Waals surface area contributed by atoms with E-state index >= 15 is 0 Å². The van der Waals surface area contributed by atoms with Gasteiger partial charge in [-0.3, -0.25) is 9.59 Å². The molecule has 1 rings (SSSR count). The summed E-state index contributed by atoms with van der Waals surface area (Å²) in [5, 5.41) is 56.9. The van der Waals surface area contributed by atoms with Crippen molar-refractivity contribution < 1.29 is 49.3 Å². The van der Waals surface area contributed by atoms with Gasteiger partial charge in [0, 0.05) is 6.42 Å². The van der Waals surface area contributed by atoms with Crippen molar-refractivity contribution in [2.45, 2.75) is 294 Å². The molecule has 0 aromatic heterocycles. The summed E-state index contributed by atoms with van der Waals surface area (Å²) in [6, 6.07) is -1.05. The second kappa shape index (κ2) is 53.2. The van der Waals surface area contributed by atoms with Gasteiger partial charge in [-0.15, -0.1) is 0 Å². The molecule has 0 aromatic rings. The van der Waals surface area contributed by atoms with E-state index in [0.717, 1.165) is 89.9 Å². The fourth-order valence-corrected chi connectivity index (χ4v) is 9.14. The molecule has 0 spiro atoms. The standard InChI is InChI=1S/C66H113NO10/c1-4-7-10-13-16-19-22-25-26-27-28-29-30-31-32-33-34-36-39-42-45-48-51-54-61(71)77-64-63(73)62(72)60(55-68)76-66(64)75-56-57(58(69)52-49-46-43-40-38-35-23-20-17-14-11-8-5-2)67-65(74)59(70)53-50-47-44-41-37-24-21-18-15-12-9-6-3/h9,12,15-16,18-19,21,24-26,28-29,37,41,49,52,57-60,62-64,66,68-70,72-73H,4-8,10-11,13-14,17,20,22-23,27,30-36,38-40,42-48,50-51,53-56H2,1-3H3,(H,67,74)/b12-9+,18-15+,19-16-,24-21-,26-25-,29-28-,41-37-,52-49+. The number of carbonyl (C=O) groups is 2. The number of rotatable bonds is 51. The summed E-state index contributed by atoms with van der Waals surface area (Å²) >= 11 is 0. The van der Waals surface area contributed by atoms with Gasteiger partial charge in [0.1, 0.15) is 24.4 Å². The predicted molar refractivity (Wildman–Crippen MR) is 319 cm³/mol. The van der Waals surface area contributed by atoms with Crippen LogP contribution in [0.5, 0.6) is 0 Å². The molecule has 1 saturated heterocycles. The molecule has 0 aliphatic carbocycles. The Labute approximate surface area is 469 Å². The lowest BCUT2D eigenvalue weighted by molar-refractivity contribution is -0.305. The third-order valence-electron chi connectivity index (χ3n) is 14.1. The minimum Gasteiger partial charge on any atom is -0.454 e.